The molecule has 3 aromatic heterocycles. The number of H-pyrrole nitrogens is 1. The van der Waals surface area contributed by atoms with E-state index in [0.717, 1.165) is 11.4 Å². The minimum Gasteiger partial charge on any atom is -0.382 e. The predicted molar refractivity (Wildman–Crippen MR) is 65.7 cm³/mol. The molecule has 0 saturated carbocycles. The first kappa shape index (κ1) is 10.6. The van der Waals surface area contributed by atoms with E-state index in [-0.39, 0.29) is 0 Å². The van der Waals surface area contributed by atoms with E-state index in [1.165, 1.54) is 0 Å². The van der Waals surface area contributed by atoms with Crippen LogP contribution in [0.4, 0.5) is 5.82 Å². The van der Waals surface area contributed by atoms with E-state index in [2.05, 4.69) is 29.9 Å². The molecule has 7 nitrogen and oxygen atoms in total. The summed E-state index contributed by atoms with van der Waals surface area (Å²) < 4.78 is 0. The Hall–Kier alpha value is -2.57. The minimum absolute atomic E-state index is 0.373. The smallest absolute Gasteiger partial charge is 0.163 e. The number of aromatic amines is 1. The van der Waals surface area contributed by atoms with Crippen LogP contribution in [0.5, 0.6) is 0 Å². The van der Waals surface area contributed by atoms with Gasteiger partial charge in [-0.1, -0.05) is 0 Å². The molecule has 3 rings (SSSR count). The number of nitrogens with zero attached hydrogens (tertiary/aromatic N) is 5. The lowest BCUT2D eigenvalue weighted by molar-refractivity contribution is 0.915. The Bertz CT molecular complexity index is 703. The predicted octanol–water partition coefficient (Wildman–Crippen LogP) is 0.624. The van der Waals surface area contributed by atoms with Crippen LogP contribution in [0.3, 0.4) is 0 Å². The Morgan fingerprint density at radius 1 is 1.17 bits per heavy atom. The number of hydrogen-bond donors (Lipinski definition) is 2. The molecule has 3 N–H and O–H groups in total. The summed E-state index contributed by atoms with van der Waals surface area (Å²) in [4.78, 5) is 24.0. The third-order valence-corrected chi connectivity index (χ3v) is 2.66. The van der Waals surface area contributed by atoms with Crippen molar-refractivity contribution in [1.29, 1.82) is 0 Å². The lowest BCUT2D eigenvalue weighted by atomic mass is 10.2. The van der Waals surface area contributed by atoms with E-state index in [1.807, 2.05) is 6.92 Å². The van der Waals surface area contributed by atoms with Gasteiger partial charge in [0.2, 0.25) is 0 Å². The standard InChI is InChI=1S/C11H11N7/c1-6-7(14-3-2-13-6)4-8-17-10(12)9-11(18-8)16-5-15-9/h2-3,5H,4H2,1H3,(H3,12,15,16,17,18). The van der Waals surface area contributed by atoms with Gasteiger partial charge in [-0.25, -0.2) is 15.0 Å². The summed E-state index contributed by atoms with van der Waals surface area (Å²) in [6, 6.07) is 0. The molecular formula is C11H11N7. The highest BCUT2D eigenvalue weighted by Crippen LogP contribution is 2.14. The van der Waals surface area contributed by atoms with Crippen molar-refractivity contribution in [3.05, 3.63) is 35.9 Å². The number of hydrogen-bond acceptors (Lipinski definition) is 6. The fourth-order valence-electron chi connectivity index (χ4n) is 1.74. The highest BCUT2D eigenvalue weighted by atomic mass is 15.0. The number of fused-ring (bicyclic) bond motifs is 1. The summed E-state index contributed by atoms with van der Waals surface area (Å²) in [7, 11) is 0. The van der Waals surface area contributed by atoms with Gasteiger partial charge in [-0.15, -0.1) is 0 Å². The Balaban J connectivity index is 2.02. The fourth-order valence-corrected chi connectivity index (χ4v) is 1.74. The largest absolute Gasteiger partial charge is 0.382 e. The van der Waals surface area contributed by atoms with Gasteiger partial charge in [0.25, 0.3) is 0 Å². The van der Waals surface area contributed by atoms with Gasteiger partial charge in [0.15, 0.2) is 11.5 Å². The fraction of sp³-hybridized carbons (Fsp3) is 0.182. The molecule has 0 unspecified atom stereocenters. The SMILES string of the molecule is Cc1nccnc1Cc1nc(N)c2nc[nH]c2n1. The first-order valence-corrected chi connectivity index (χ1v) is 5.46. The van der Waals surface area contributed by atoms with Gasteiger partial charge in [0.05, 0.1) is 24.1 Å². The number of aromatic nitrogens is 6. The van der Waals surface area contributed by atoms with Crippen LogP contribution in [-0.2, 0) is 6.42 Å². The molecule has 0 aliphatic rings. The summed E-state index contributed by atoms with van der Waals surface area (Å²) in [6.07, 6.45) is 5.36. The van der Waals surface area contributed by atoms with Crippen molar-refractivity contribution in [2.24, 2.45) is 0 Å². The second-order valence-corrected chi connectivity index (χ2v) is 3.89. The molecule has 0 spiro atoms. The summed E-state index contributed by atoms with van der Waals surface area (Å²) in [5, 5.41) is 0. The molecule has 18 heavy (non-hydrogen) atoms. The molecule has 7 heteroatoms. The van der Waals surface area contributed by atoms with E-state index in [0.29, 0.717) is 29.2 Å². The number of aryl methyl sites for hydroxylation is 1. The van der Waals surface area contributed by atoms with Gasteiger partial charge in [0.1, 0.15) is 11.3 Å². The summed E-state index contributed by atoms with van der Waals surface area (Å²) >= 11 is 0. The first-order chi connectivity index (χ1) is 8.74. The maximum Gasteiger partial charge on any atom is 0.163 e. The monoisotopic (exact) mass is 241 g/mol. The number of rotatable bonds is 2. The van der Waals surface area contributed by atoms with E-state index in [4.69, 9.17) is 5.73 Å². The molecule has 0 amide bonds. The zero-order chi connectivity index (χ0) is 12.5. The average molecular weight is 241 g/mol. The van der Waals surface area contributed by atoms with Gasteiger partial charge < -0.3 is 10.7 Å². The maximum atomic E-state index is 5.82. The second kappa shape index (κ2) is 4.02. The number of anilines is 1. The van der Waals surface area contributed by atoms with Gasteiger partial charge in [-0.2, -0.15) is 0 Å². The highest BCUT2D eigenvalue weighted by Gasteiger charge is 2.09. The zero-order valence-corrected chi connectivity index (χ0v) is 9.75. The van der Waals surface area contributed by atoms with Gasteiger partial charge in [0, 0.05) is 12.4 Å². The van der Waals surface area contributed by atoms with E-state index in [9.17, 15) is 0 Å². The maximum absolute atomic E-state index is 5.82. The lowest BCUT2D eigenvalue weighted by Gasteiger charge is -2.03. The minimum atomic E-state index is 0.373. The van der Waals surface area contributed by atoms with Crippen LogP contribution >= 0.6 is 0 Å². The Morgan fingerprint density at radius 3 is 2.83 bits per heavy atom. The molecule has 0 saturated heterocycles. The zero-order valence-electron chi connectivity index (χ0n) is 9.75. The van der Waals surface area contributed by atoms with Crippen molar-refractivity contribution in [3.8, 4) is 0 Å². The van der Waals surface area contributed by atoms with Crippen LogP contribution in [0.2, 0.25) is 0 Å². The Labute approximate surface area is 103 Å². The van der Waals surface area contributed by atoms with Crippen molar-refractivity contribution < 1.29 is 0 Å². The average Bonchev–Trinajstić information content (AvgIpc) is 2.81. The van der Waals surface area contributed by atoms with E-state index < -0.39 is 0 Å². The Morgan fingerprint density at radius 2 is 2.00 bits per heavy atom. The summed E-state index contributed by atoms with van der Waals surface area (Å²) in [5.41, 5.74) is 8.76. The molecule has 0 fully saturated rings. The van der Waals surface area contributed by atoms with Crippen LogP contribution in [0.15, 0.2) is 18.7 Å². The third-order valence-electron chi connectivity index (χ3n) is 2.66. The van der Waals surface area contributed by atoms with Crippen molar-refractivity contribution in [2.45, 2.75) is 13.3 Å². The van der Waals surface area contributed by atoms with Crippen LogP contribution in [0.25, 0.3) is 11.2 Å². The normalized spacial score (nSPS) is 10.9. The third kappa shape index (κ3) is 1.75. The van der Waals surface area contributed by atoms with Crippen molar-refractivity contribution in [2.75, 3.05) is 5.73 Å². The summed E-state index contributed by atoms with van der Waals surface area (Å²) in [6.45, 7) is 1.90. The highest BCUT2D eigenvalue weighted by molar-refractivity contribution is 5.80. The molecule has 0 aliphatic heterocycles. The topological polar surface area (TPSA) is 106 Å². The molecule has 90 valence electrons. The Kier molecular flexibility index (Phi) is 2.36. The molecule has 0 atom stereocenters. The van der Waals surface area contributed by atoms with Crippen LogP contribution in [-0.4, -0.2) is 29.9 Å². The molecule has 0 aromatic carbocycles. The van der Waals surface area contributed by atoms with E-state index >= 15 is 0 Å². The number of nitrogen functional groups attached to an aromatic ring is 1. The van der Waals surface area contributed by atoms with Gasteiger partial charge in [-0.3, -0.25) is 9.97 Å². The van der Waals surface area contributed by atoms with Crippen LogP contribution in [0.1, 0.15) is 17.2 Å². The van der Waals surface area contributed by atoms with Crippen molar-refractivity contribution in [1.82, 2.24) is 29.9 Å². The van der Waals surface area contributed by atoms with Crippen molar-refractivity contribution >= 4 is 17.0 Å². The van der Waals surface area contributed by atoms with Gasteiger partial charge in [-0.05, 0) is 6.92 Å². The molecule has 0 bridgehead atoms. The van der Waals surface area contributed by atoms with E-state index in [1.54, 1.807) is 18.7 Å². The molecule has 0 aliphatic carbocycles. The lowest BCUT2D eigenvalue weighted by Crippen LogP contribution is -2.04. The second-order valence-electron chi connectivity index (χ2n) is 3.89. The molecule has 0 radical (unpaired) electrons. The number of imidazole rings is 1. The van der Waals surface area contributed by atoms with Gasteiger partial charge >= 0.3 is 0 Å². The molecule has 3 aromatic rings. The van der Waals surface area contributed by atoms with Crippen molar-refractivity contribution in [3.63, 3.8) is 0 Å². The molecular weight excluding hydrogens is 230 g/mol. The number of nitrogens with two attached hydrogens (primary N) is 1. The first-order valence-electron chi connectivity index (χ1n) is 5.46. The van der Waals surface area contributed by atoms with Crippen LogP contribution in [0, 0.1) is 6.92 Å². The van der Waals surface area contributed by atoms with Crippen LogP contribution < -0.4 is 5.73 Å². The summed E-state index contributed by atoms with van der Waals surface area (Å²) in [5.74, 6) is 0.977. The quantitative estimate of drug-likeness (QED) is 0.681. The number of nitrogens with one attached hydrogen (secondary N) is 1. The molecule has 3 heterocycles.